The summed E-state index contributed by atoms with van der Waals surface area (Å²) in [5, 5.41) is 9.18. The van der Waals surface area contributed by atoms with Gasteiger partial charge in [0.1, 0.15) is 0 Å². The highest BCUT2D eigenvalue weighted by Gasteiger charge is 2.66. The van der Waals surface area contributed by atoms with Crippen LogP contribution in [0.3, 0.4) is 0 Å². The number of carbonyl (C=O) groups excluding carboxylic acids is 1. The monoisotopic (exact) mass is 259 g/mol. The van der Waals surface area contributed by atoms with Crippen LogP contribution in [-0.4, -0.2) is 23.5 Å². The molecule has 0 radical (unpaired) electrons. The molecule has 0 spiro atoms. The summed E-state index contributed by atoms with van der Waals surface area (Å²) in [6, 6.07) is 7.84. The van der Waals surface area contributed by atoms with Gasteiger partial charge in [0.25, 0.3) is 0 Å². The van der Waals surface area contributed by atoms with E-state index in [1.165, 1.54) is 5.56 Å². The van der Waals surface area contributed by atoms with Crippen molar-refractivity contribution in [1.82, 2.24) is 0 Å². The zero-order valence-electron chi connectivity index (χ0n) is 11.1. The van der Waals surface area contributed by atoms with Crippen molar-refractivity contribution in [2.75, 3.05) is 11.4 Å². The van der Waals surface area contributed by atoms with E-state index in [0.717, 1.165) is 12.1 Å². The molecule has 1 saturated carbocycles. The van der Waals surface area contributed by atoms with E-state index in [1.54, 1.807) is 4.90 Å². The number of fused-ring (bicyclic) bond motifs is 1. The van der Waals surface area contributed by atoms with E-state index >= 15 is 0 Å². The molecule has 1 aliphatic heterocycles. The number of carboxylic acids is 1. The fourth-order valence-electron chi connectivity index (χ4n) is 3.29. The van der Waals surface area contributed by atoms with Crippen molar-refractivity contribution < 1.29 is 14.7 Å². The standard InChI is InChI=1S/C15H17NO3/c1-15(2)11(12(15)14(18)19)13(17)16-8-7-9-5-3-4-6-10(9)16/h3-6,11-12H,7-8H2,1-2H3,(H,18,19). The molecule has 0 aromatic heterocycles. The van der Waals surface area contributed by atoms with Crippen LogP contribution in [0, 0.1) is 17.3 Å². The summed E-state index contributed by atoms with van der Waals surface area (Å²) >= 11 is 0. The third-order valence-corrected chi connectivity index (χ3v) is 4.51. The number of para-hydroxylation sites is 1. The Morgan fingerprint density at radius 1 is 1.26 bits per heavy atom. The van der Waals surface area contributed by atoms with E-state index in [2.05, 4.69) is 0 Å². The highest BCUT2D eigenvalue weighted by molar-refractivity contribution is 6.02. The smallest absolute Gasteiger partial charge is 0.307 e. The van der Waals surface area contributed by atoms with Crippen LogP contribution in [0.4, 0.5) is 5.69 Å². The lowest BCUT2D eigenvalue weighted by molar-refractivity contribution is -0.140. The van der Waals surface area contributed by atoms with Crippen molar-refractivity contribution >= 4 is 17.6 Å². The Bertz CT molecular complexity index is 564. The predicted molar refractivity (Wildman–Crippen MR) is 70.9 cm³/mol. The minimum absolute atomic E-state index is 0.0395. The summed E-state index contributed by atoms with van der Waals surface area (Å²) in [7, 11) is 0. The molecule has 1 fully saturated rings. The van der Waals surface area contributed by atoms with Gasteiger partial charge in [0.05, 0.1) is 11.8 Å². The topological polar surface area (TPSA) is 57.6 Å². The van der Waals surface area contributed by atoms with Gasteiger partial charge in [-0.25, -0.2) is 0 Å². The average Bonchev–Trinajstić information content (AvgIpc) is 2.74. The maximum absolute atomic E-state index is 12.6. The molecular formula is C15H17NO3. The van der Waals surface area contributed by atoms with Crippen LogP contribution in [0.5, 0.6) is 0 Å². The zero-order valence-corrected chi connectivity index (χ0v) is 11.1. The normalized spacial score (nSPS) is 26.9. The van der Waals surface area contributed by atoms with E-state index < -0.39 is 23.2 Å². The van der Waals surface area contributed by atoms with Crippen LogP contribution in [0.25, 0.3) is 0 Å². The Labute approximate surface area is 112 Å². The van der Waals surface area contributed by atoms with E-state index in [-0.39, 0.29) is 5.91 Å². The average molecular weight is 259 g/mol. The molecule has 2 unspecified atom stereocenters. The molecule has 2 atom stereocenters. The molecule has 4 heteroatoms. The Hall–Kier alpha value is -1.84. The first kappa shape index (κ1) is 12.2. The largest absolute Gasteiger partial charge is 0.481 e. The molecule has 1 heterocycles. The number of hydrogen-bond donors (Lipinski definition) is 1. The summed E-state index contributed by atoms with van der Waals surface area (Å²) in [5.41, 5.74) is 1.68. The maximum Gasteiger partial charge on any atom is 0.307 e. The summed E-state index contributed by atoms with van der Waals surface area (Å²) in [6.07, 6.45) is 0.854. The SMILES string of the molecule is CC1(C)C(C(=O)O)C1C(=O)N1CCc2ccccc21. The number of benzene rings is 1. The first-order valence-corrected chi connectivity index (χ1v) is 6.56. The second-order valence-electron chi connectivity index (χ2n) is 5.98. The number of aliphatic carboxylic acids is 1. The van der Waals surface area contributed by atoms with Gasteiger partial charge in [-0.15, -0.1) is 0 Å². The molecule has 1 aromatic carbocycles. The number of anilines is 1. The van der Waals surface area contributed by atoms with Crippen LogP contribution >= 0.6 is 0 Å². The Morgan fingerprint density at radius 2 is 1.95 bits per heavy atom. The molecule has 3 rings (SSSR count). The van der Waals surface area contributed by atoms with Crippen molar-refractivity contribution in [3.8, 4) is 0 Å². The molecule has 4 nitrogen and oxygen atoms in total. The van der Waals surface area contributed by atoms with Crippen molar-refractivity contribution in [2.24, 2.45) is 17.3 Å². The Morgan fingerprint density at radius 3 is 2.58 bits per heavy atom. The van der Waals surface area contributed by atoms with Crippen LogP contribution in [-0.2, 0) is 16.0 Å². The maximum atomic E-state index is 12.6. The number of rotatable bonds is 2. The molecule has 0 saturated heterocycles. The number of carboxylic acid groups (broad SMARTS) is 1. The fraction of sp³-hybridized carbons (Fsp3) is 0.467. The van der Waals surface area contributed by atoms with Crippen LogP contribution in [0.2, 0.25) is 0 Å². The first-order chi connectivity index (χ1) is 8.94. The van der Waals surface area contributed by atoms with Crippen molar-refractivity contribution in [3.05, 3.63) is 29.8 Å². The lowest BCUT2D eigenvalue weighted by Crippen LogP contribution is -2.32. The van der Waals surface area contributed by atoms with Gasteiger partial charge in [0.15, 0.2) is 0 Å². The minimum Gasteiger partial charge on any atom is -0.481 e. The molecule has 100 valence electrons. The molecule has 19 heavy (non-hydrogen) atoms. The number of nitrogens with zero attached hydrogens (tertiary/aromatic N) is 1. The predicted octanol–water partition coefficient (Wildman–Crippen LogP) is 1.93. The molecule has 1 N–H and O–H groups in total. The highest BCUT2D eigenvalue weighted by atomic mass is 16.4. The Balaban J connectivity index is 1.86. The fourth-order valence-corrected chi connectivity index (χ4v) is 3.29. The summed E-state index contributed by atoms with van der Waals surface area (Å²) in [6.45, 7) is 4.38. The van der Waals surface area contributed by atoms with Gasteiger partial charge >= 0.3 is 5.97 Å². The first-order valence-electron chi connectivity index (χ1n) is 6.56. The van der Waals surface area contributed by atoms with Gasteiger partial charge in [0, 0.05) is 12.2 Å². The van der Waals surface area contributed by atoms with Crippen molar-refractivity contribution in [1.29, 1.82) is 0 Å². The molecule has 0 bridgehead atoms. The quantitative estimate of drug-likeness (QED) is 0.883. The van der Waals surface area contributed by atoms with Gasteiger partial charge in [-0.1, -0.05) is 32.0 Å². The van der Waals surface area contributed by atoms with Crippen LogP contribution in [0.1, 0.15) is 19.4 Å². The second-order valence-corrected chi connectivity index (χ2v) is 5.98. The number of hydrogen-bond acceptors (Lipinski definition) is 2. The zero-order chi connectivity index (χ0) is 13.8. The third kappa shape index (κ3) is 1.66. The Kier molecular flexibility index (Phi) is 2.46. The highest BCUT2D eigenvalue weighted by Crippen LogP contribution is 2.59. The van der Waals surface area contributed by atoms with E-state index in [1.807, 2.05) is 38.1 Å². The van der Waals surface area contributed by atoms with Crippen molar-refractivity contribution in [2.45, 2.75) is 20.3 Å². The van der Waals surface area contributed by atoms with Gasteiger partial charge in [-0.2, -0.15) is 0 Å². The number of carbonyl (C=O) groups is 2. The van der Waals surface area contributed by atoms with Gasteiger partial charge in [-0.05, 0) is 23.5 Å². The third-order valence-electron chi connectivity index (χ3n) is 4.51. The molecule has 2 aliphatic rings. The van der Waals surface area contributed by atoms with Gasteiger partial charge < -0.3 is 10.0 Å². The van der Waals surface area contributed by atoms with Gasteiger partial charge in [0.2, 0.25) is 5.91 Å². The summed E-state index contributed by atoms with van der Waals surface area (Å²) < 4.78 is 0. The van der Waals surface area contributed by atoms with Crippen LogP contribution in [0.15, 0.2) is 24.3 Å². The summed E-state index contributed by atoms with van der Waals surface area (Å²) in [4.78, 5) is 25.5. The van der Waals surface area contributed by atoms with E-state index in [0.29, 0.717) is 6.54 Å². The lowest BCUT2D eigenvalue weighted by Gasteiger charge is -2.18. The minimum atomic E-state index is -0.865. The molecule has 1 amide bonds. The van der Waals surface area contributed by atoms with Crippen molar-refractivity contribution in [3.63, 3.8) is 0 Å². The molecular weight excluding hydrogens is 242 g/mol. The van der Waals surface area contributed by atoms with E-state index in [4.69, 9.17) is 0 Å². The van der Waals surface area contributed by atoms with Gasteiger partial charge in [-0.3, -0.25) is 9.59 Å². The summed E-state index contributed by atoms with van der Waals surface area (Å²) in [5.74, 6) is -1.85. The number of amides is 1. The molecule has 1 aliphatic carbocycles. The molecule has 1 aromatic rings. The lowest BCUT2D eigenvalue weighted by atomic mass is 10.1. The second kappa shape index (κ2) is 3.83. The van der Waals surface area contributed by atoms with E-state index in [9.17, 15) is 14.7 Å². The van der Waals surface area contributed by atoms with Crippen LogP contribution < -0.4 is 4.90 Å².